The highest BCUT2D eigenvalue weighted by molar-refractivity contribution is 5.39. The van der Waals surface area contributed by atoms with Crippen molar-refractivity contribution in [2.24, 2.45) is 0 Å². The molecule has 78 valence electrons. The average molecular weight is 201 g/mol. The lowest BCUT2D eigenvalue weighted by molar-refractivity contribution is 0.710. The Morgan fingerprint density at radius 1 is 1.33 bits per heavy atom. The van der Waals surface area contributed by atoms with Gasteiger partial charge in [-0.25, -0.2) is 4.98 Å². The minimum atomic E-state index is 0.406. The average Bonchev–Trinajstić information content (AvgIpc) is 2.74. The molecule has 1 aromatic heterocycles. The first-order valence-corrected chi connectivity index (χ1v) is 5.09. The van der Waals surface area contributed by atoms with Gasteiger partial charge in [0.05, 0.1) is 0 Å². The van der Waals surface area contributed by atoms with Crippen LogP contribution in [0.3, 0.4) is 0 Å². The number of nitrogens with one attached hydrogen (secondary N) is 1. The van der Waals surface area contributed by atoms with Gasteiger partial charge in [0.1, 0.15) is 5.82 Å². The lowest BCUT2D eigenvalue weighted by Gasteiger charge is -2.08. The predicted octanol–water partition coefficient (Wildman–Crippen LogP) is 2.34. The van der Waals surface area contributed by atoms with E-state index in [1.807, 2.05) is 18.3 Å². The van der Waals surface area contributed by atoms with Crippen LogP contribution in [0.4, 0.5) is 5.69 Å². The van der Waals surface area contributed by atoms with Gasteiger partial charge in [-0.1, -0.05) is 19.1 Å². The topological polar surface area (TPSA) is 54.7 Å². The fraction of sp³-hybridized carbons (Fsp3) is 0.250. The molecule has 3 heteroatoms. The lowest BCUT2D eigenvalue weighted by Crippen LogP contribution is -2.00. The van der Waals surface area contributed by atoms with Crippen LogP contribution in [0.15, 0.2) is 36.7 Å². The molecule has 0 amide bonds. The van der Waals surface area contributed by atoms with Gasteiger partial charge in [0, 0.05) is 24.0 Å². The van der Waals surface area contributed by atoms with Crippen LogP contribution in [0.1, 0.15) is 24.2 Å². The molecular formula is C12H15N3. The Kier molecular flexibility index (Phi) is 2.72. The molecule has 1 unspecified atom stereocenters. The SMILES string of the molecule is CC(Cc1ccc(N)cc1)c1ncc[nH]1. The fourth-order valence-corrected chi connectivity index (χ4v) is 1.65. The smallest absolute Gasteiger partial charge is 0.109 e. The molecule has 0 saturated carbocycles. The normalized spacial score (nSPS) is 12.6. The Hall–Kier alpha value is -1.77. The molecule has 0 spiro atoms. The van der Waals surface area contributed by atoms with Crippen molar-refractivity contribution < 1.29 is 0 Å². The zero-order valence-corrected chi connectivity index (χ0v) is 8.77. The van der Waals surface area contributed by atoms with Gasteiger partial charge in [-0.2, -0.15) is 0 Å². The first-order chi connectivity index (χ1) is 7.25. The number of nitrogens with two attached hydrogens (primary N) is 1. The Balaban J connectivity index is 2.06. The van der Waals surface area contributed by atoms with Gasteiger partial charge in [0.15, 0.2) is 0 Å². The van der Waals surface area contributed by atoms with E-state index in [-0.39, 0.29) is 0 Å². The number of imidazole rings is 1. The minimum absolute atomic E-state index is 0.406. The van der Waals surface area contributed by atoms with E-state index in [1.165, 1.54) is 5.56 Å². The van der Waals surface area contributed by atoms with Crippen LogP contribution < -0.4 is 5.73 Å². The van der Waals surface area contributed by atoms with Crippen molar-refractivity contribution >= 4 is 5.69 Å². The predicted molar refractivity (Wildman–Crippen MR) is 61.6 cm³/mol. The van der Waals surface area contributed by atoms with E-state index in [0.29, 0.717) is 5.92 Å². The van der Waals surface area contributed by atoms with Gasteiger partial charge in [0.2, 0.25) is 0 Å². The van der Waals surface area contributed by atoms with E-state index in [9.17, 15) is 0 Å². The van der Waals surface area contributed by atoms with Crippen LogP contribution in [0.2, 0.25) is 0 Å². The highest BCUT2D eigenvalue weighted by atomic mass is 14.9. The number of aromatic nitrogens is 2. The molecule has 1 atom stereocenters. The molecular weight excluding hydrogens is 186 g/mol. The van der Waals surface area contributed by atoms with Crippen molar-refractivity contribution in [2.75, 3.05) is 5.73 Å². The Morgan fingerprint density at radius 2 is 2.07 bits per heavy atom. The van der Waals surface area contributed by atoms with E-state index in [0.717, 1.165) is 17.9 Å². The van der Waals surface area contributed by atoms with Gasteiger partial charge >= 0.3 is 0 Å². The highest BCUT2D eigenvalue weighted by Gasteiger charge is 2.08. The summed E-state index contributed by atoms with van der Waals surface area (Å²) in [6.45, 7) is 2.16. The summed E-state index contributed by atoms with van der Waals surface area (Å²) in [4.78, 5) is 7.38. The number of anilines is 1. The molecule has 3 nitrogen and oxygen atoms in total. The summed E-state index contributed by atoms with van der Waals surface area (Å²) < 4.78 is 0. The maximum Gasteiger partial charge on any atom is 0.109 e. The Labute approximate surface area is 89.4 Å². The number of nitrogens with zero attached hydrogens (tertiary/aromatic N) is 1. The van der Waals surface area contributed by atoms with Gasteiger partial charge in [-0.15, -0.1) is 0 Å². The summed E-state index contributed by atoms with van der Waals surface area (Å²) in [7, 11) is 0. The zero-order valence-electron chi connectivity index (χ0n) is 8.77. The van der Waals surface area contributed by atoms with Gasteiger partial charge in [-0.05, 0) is 24.1 Å². The molecule has 0 fully saturated rings. The number of hydrogen-bond donors (Lipinski definition) is 2. The third-order valence-electron chi connectivity index (χ3n) is 2.51. The number of nitrogen functional groups attached to an aromatic ring is 1. The standard InChI is InChI=1S/C12H15N3/c1-9(12-14-6-7-15-12)8-10-2-4-11(13)5-3-10/h2-7,9H,8,13H2,1H3,(H,14,15). The molecule has 0 saturated heterocycles. The van der Waals surface area contributed by atoms with Crippen molar-refractivity contribution in [2.45, 2.75) is 19.3 Å². The Morgan fingerprint density at radius 3 is 2.67 bits per heavy atom. The van der Waals surface area contributed by atoms with Crippen molar-refractivity contribution in [1.82, 2.24) is 9.97 Å². The highest BCUT2D eigenvalue weighted by Crippen LogP contribution is 2.17. The van der Waals surface area contributed by atoms with Crippen LogP contribution in [0.25, 0.3) is 0 Å². The molecule has 3 N–H and O–H groups in total. The van der Waals surface area contributed by atoms with Crippen LogP contribution in [-0.2, 0) is 6.42 Å². The molecule has 0 radical (unpaired) electrons. The summed E-state index contributed by atoms with van der Waals surface area (Å²) in [5.74, 6) is 1.44. The minimum Gasteiger partial charge on any atom is -0.399 e. The number of rotatable bonds is 3. The van der Waals surface area contributed by atoms with Crippen LogP contribution >= 0.6 is 0 Å². The second kappa shape index (κ2) is 4.17. The van der Waals surface area contributed by atoms with E-state index in [1.54, 1.807) is 6.20 Å². The van der Waals surface area contributed by atoms with Gasteiger partial charge in [-0.3, -0.25) is 0 Å². The third-order valence-corrected chi connectivity index (χ3v) is 2.51. The third kappa shape index (κ3) is 2.37. The fourth-order valence-electron chi connectivity index (χ4n) is 1.65. The number of H-pyrrole nitrogens is 1. The zero-order chi connectivity index (χ0) is 10.7. The van der Waals surface area contributed by atoms with Crippen molar-refractivity contribution in [3.05, 3.63) is 48.0 Å². The first-order valence-electron chi connectivity index (χ1n) is 5.09. The quantitative estimate of drug-likeness (QED) is 0.749. The number of aromatic amines is 1. The van der Waals surface area contributed by atoms with Crippen molar-refractivity contribution in [3.8, 4) is 0 Å². The first kappa shape index (κ1) is 9.77. The molecule has 0 aliphatic carbocycles. The van der Waals surface area contributed by atoms with Gasteiger partial charge < -0.3 is 10.7 Å². The van der Waals surface area contributed by atoms with Gasteiger partial charge in [0.25, 0.3) is 0 Å². The molecule has 2 rings (SSSR count). The summed E-state index contributed by atoms with van der Waals surface area (Å²) in [5.41, 5.74) is 7.73. The molecule has 1 heterocycles. The number of benzene rings is 1. The maximum atomic E-state index is 5.63. The molecule has 2 aromatic rings. The van der Waals surface area contributed by atoms with E-state index < -0.39 is 0 Å². The second-order valence-electron chi connectivity index (χ2n) is 3.82. The van der Waals surface area contributed by atoms with Crippen molar-refractivity contribution in [1.29, 1.82) is 0 Å². The summed E-state index contributed by atoms with van der Waals surface area (Å²) in [6, 6.07) is 8.00. The molecule has 0 aliphatic rings. The molecule has 0 aliphatic heterocycles. The maximum absolute atomic E-state index is 5.63. The molecule has 1 aromatic carbocycles. The van der Waals surface area contributed by atoms with Crippen LogP contribution in [0, 0.1) is 0 Å². The van der Waals surface area contributed by atoms with E-state index >= 15 is 0 Å². The summed E-state index contributed by atoms with van der Waals surface area (Å²) in [6.07, 6.45) is 4.62. The Bertz CT molecular complexity index is 403. The lowest BCUT2D eigenvalue weighted by atomic mass is 10.0. The van der Waals surface area contributed by atoms with Crippen LogP contribution in [-0.4, -0.2) is 9.97 Å². The molecule has 0 bridgehead atoms. The summed E-state index contributed by atoms with van der Waals surface area (Å²) >= 11 is 0. The summed E-state index contributed by atoms with van der Waals surface area (Å²) in [5, 5.41) is 0. The second-order valence-corrected chi connectivity index (χ2v) is 3.82. The largest absolute Gasteiger partial charge is 0.399 e. The monoisotopic (exact) mass is 201 g/mol. The molecule has 15 heavy (non-hydrogen) atoms. The number of hydrogen-bond acceptors (Lipinski definition) is 2. The van der Waals surface area contributed by atoms with Crippen molar-refractivity contribution in [3.63, 3.8) is 0 Å². The van der Waals surface area contributed by atoms with Crippen LogP contribution in [0.5, 0.6) is 0 Å². The van der Waals surface area contributed by atoms with E-state index in [2.05, 4.69) is 29.0 Å². The van der Waals surface area contributed by atoms with E-state index in [4.69, 9.17) is 5.73 Å².